The average molecular weight is 203 g/mol. The van der Waals surface area contributed by atoms with Crippen LogP contribution in [0.3, 0.4) is 0 Å². The predicted molar refractivity (Wildman–Crippen MR) is 58.2 cm³/mol. The highest BCUT2D eigenvalue weighted by Gasteiger charge is 1.98. The van der Waals surface area contributed by atoms with Crippen molar-refractivity contribution in [2.75, 3.05) is 5.75 Å². The van der Waals surface area contributed by atoms with Gasteiger partial charge in [-0.05, 0) is 18.2 Å². The van der Waals surface area contributed by atoms with E-state index in [9.17, 15) is 5.11 Å². The molecule has 0 saturated heterocycles. The van der Waals surface area contributed by atoms with Crippen LogP contribution in [0.4, 0.5) is 0 Å². The lowest BCUT2D eigenvalue weighted by molar-refractivity contribution is 0.473. The van der Waals surface area contributed by atoms with Crippen LogP contribution in [0, 0.1) is 23.2 Å². The Balaban J connectivity index is 2.98. The van der Waals surface area contributed by atoms with Gasteiger partial charge in [-0.1, -0.05) is 11.8 Å². The summed E-state index contributed by atoms with van der Waals surface area (Å²) in [5, 5.41) is 18.0. The third-order valence-corrected chi connectivity index (χ3v) is 1.81. The summed E-state index contributed by atoms with van der Waals surface area (Å²) in [5.74, 6) is 6.43. The number of benzene rings is 1. The van der Waals surface area contributed by atoms with Crippen LogP contribution in [-0.2, 0) is 0 Å². The summed E-state index contributed by atoms with van der Waals surface area (Å²) >= 11 is 4.01. The van der Waals surface area contributed by atoms with Gasteiger partial charge in [0.25, 0.3) is 0 Å². The molecular weight excluding hydrogens is 194 g/mol. The number of aromatic hydroxyl groups is 1. The average Bonchev–Trinajstić information content (AvgIpc) is 2.21. The molecule has 1 rings (SSSR count). The highest BCUT2D eigenvalue weighted by atomic mass is 32.1. The standard InChI is InChI=1S/C11H9NOS/c12-8-9-4-5-11(13)10(7-9)3-1-2-6-14/h4-5,7,13-14H,2,6H2. The maximum atomic E-state index is 9.40. The fourth-order valence-electron chi connectivity index (χ4n) is 0.919. The van der Waals surface area contributed by atoms with Crippen molar-refractivity contribution >= 4 is 12.6 Å². The molecule has 0 aromatic heterocycles. The van der Waals surface area contributed by atoms with Gasteiger partial charge >= 0.3 is 0 Å². The summed E-state index contributed by atoms with van der Waals surface area (Å²) in [4.78, 5) is 0. The second-order valence-corrected chi connectivity index (χ2v) is 3.07. The summed E-state index contributed by atoms with van der Waals surface area (Å²) in [6.07, 6.45) is 0.666. The highest BCUT2D eigenvalue weighted by molar-refractivity contribution is 7.80. The Morgan fingerprint density at radius 3 is 2.86 bits per heavy atom. The molecule has 1 N–H and O–H groups in total. The summed E-state index contributed by atoms with van der Waals surface area (Å²) in [5.41, 5.74) is 0.990. The van der Waals surface area contributed by atoms with E-state index in [0.29, 0.717) is 23.3 Å². The molecule has 0 saturated carbocycles. The quantitative estimate of drug-likeness (QED) is 0.541. The van der Waals surface area contributed by atoms with E-state index in [1.54, 1.807) is 12.1 Å². The number of phenols is 1. The lowest BCUT2D eigenvalue weighted by Gasteiger charge is -1.95. The lowest BCUT2D eigenvalue weighted by atomic mass is 10.1. The Bertz CT molecular complexity index is 423. The molecule has 0 aliphatic carbocycles. The van der Waals surface area contributed by atoms with Crippen LogP contribution in [0.15, 0.2) is 18.2 Å². The zero-order valence-corrected chi connectivity index (χ0v) is 8.38. The predicted octanol–water partition coefficient (Wildman–Crippen LogP) is 1.94. The number of rotatable bonds is 1. The molecule has 70 valence electrons. The molecule has 3 heteroatoms. The normalized spacial score (nSPS) is 8.57. The number of nitrogens with zero attached hydrogens (tertiary/aromatic N) is 1. The third kappa shape index (κ3) is 2.73. The van der Waals surface area contributed by atoms with E-state index in [-0.39, 0.29) is 5.75 Å². The second kappa shape index (κ2) is 5.21. The van der Waals surface area contributed by atoms with E-state index in [1.807, 2.05) is 6.07 Å². The molecule has 0 radical (unpaired) electrons. The number of thiol groups is 1. The number of hydrogen-bond donors (Lipinski definition) is 2. The van der Waals surface area contributed by atoms with Crippen molar-refractivity contribution in [2.45, 2.75) is 6.42 Å². The van der Waals surface area contributed by atoms with Crippen LogP contribution >= 0.6 is 12.6 Å². The van der Waals surface area contributed by atoms with Crippen molar-refractivity contribution in [3.63, 3.8) is 0 Å². The van der Waals surface area contributed by atoms with Crippen LogP contribution < -0.4 is 0 Å². The molecule has 1 aromatic rings. The highest BCUT2D eigenvalue weighted by Crippen LogP contribution is 2.16. The first-order valence-electron chi connectivity index (χ1n) is 4.11. The zero-order chi connectivity index (χ0) is 10.4. The molecule has 1 aromatic carbocycles. The molecule has 0 spiro atoms. The van der Waals surface area contributed by atoms with E-state index in [0.717, 1.165) is 0 Å². The maximum Gasteiger partial charge on any atom is 0.131 e. The van der Waals surface area contributed by atoms with Crippen LogP contribution in [0.5, 0.6) is 5.75 Å². The molecular formula is C11H9NOS. The number of nitriles is 1. The molecule has 0 atom stereocenters. The Morgan fingerprint density at radius 1 is 1.43 bits per heavy atom. The first-order chi connectivity index (χ1) is 6.77. The number of phenolic OH excluding ortho intramolecular Hbond substituents is 1. The van der Waals surface area contributed by atoms with Crippen molar-refractivity contribution in [3.8, 4) is 23.7 Å². The molecule has 0 aliphatic rings. The van der Waals surface area contributed by atoms with E-state index < -0.39 is 0 Å². The van der Waals surface area contributed by atoms with Crippen molar-refractivity contribution in [1.82, 2.24) is 0 Å². The molecule has 14 heavy (non-hydrogen) atoms. The smallest absolute Gasteiger partial charge is 0.131 e. The third-order valence-electron chi connectivity index (χ3n) is 1.59. The van der Waals surface area contributed by atoms with Gasteiger partial charge in [-0.2, -0.15) is 17.9 Å². The Labute approximate surface area is 88.6 Å². The minimum Gasteiger partial charge on any atom is -0.507 e. The lowest BCUT2D eigenvalue weighted by Crippen LogP contribution is -1.80. The van der Waals surface area contributed by atoms with Gasteiger partial charge in [-0.3, -0.25) is 0 Å². The molecule has 2 nitrogen and oxygen atoms in total. The molecule has 0 aliphatic heterocycles. The van der Waals surface area contributed by atoms with Crippen LogP contribution in [0.1, 0.15) is 17.5 Å². The largest absolute Gasteiger partial charge is 0.507 e. The van der Waals surface area contributed by atoms with Crippen molar-refractivity contribution < 1.29 is 5.11 Å². The summed E-state index contributed by atoms with van der Waals surface area (Å²) < 4.78 is 0. The van der Waals surface area contributed by atoms with E-state index >= 15 is 0 Å². The molecule has 0 fully saturated rings. The van der Waals surface area contributed by atoms with Crippen LogP contribution in [0.25, 0.3) is 0 Å². The SMILES string of the molecule is N#Cc1ccc(O)c(C#CCCS)c1. The van der Waals surface area contributed by atoms with Gasteiger partial charge in [0.1, 0.15) is 5.75 Å². The van der Waals surface area contributed by atoms with Crippen molar-refractivity contribution in [1.29, 1.82) is 5.26 Å². The summed E-state index contributed by atoms with van der Waals surface area (Å²) in [6, 6.07) is 6.59. The van der Waals surface area contributed by atoms with E-state index in [1.165, 1.54) is 6.07 Å². The van der Waals surface area contributed by atoms with Gasteiger partial charge in [0.2, 0.25) is 0 Å². The first kappa shape index (κ1) is 10.5. The van der Waals surface area contributed by atoms with Gasteiger partial charge in [-0.15, -0.1) is 0 Å². The molecule has 0 amide bonds. The monoisotopic (exact) mass is 203 g/mol. The minimum atomic E-state index is 0.107. The topological polar surface area (TPSA) is 44.0 Å². The fraction of sp³-hybridized carbons (Fsp3) is 0.182. The van der Waals surface area contributed by atoms with Crippen LogP contribution in [-0.4, -0.2) is 10.9 Å². The van der Waals surface area contributed by atoms with E-state index in [2.05, 4.69) is 24.5 Å². The molecule has 0 heterocycles. The summed E-state index contributed by atoms with van der Waals surface area (Å²) in [7, 11) is 0. The zero-order valence-electron chi connectivity index (χ0n) is 7.49. The van der Waals surface area contributed by atoms with Gasteiger partial charge in [0.05, 0.1) is 17.2 Å². The Morgan fingerprint density at radius 2 is 2.21 bits per heavy atom. The van der Waals surface area contributed by atoms with Crippen molar-refractivity contribution in [3.05, 3.63) is 29.3 Å². The molecule has 0 unspecified atom stereocenters. The fourth-order valence-corrected chi connectivity index (χ4v) is 1.03. The van der Waals surface area contributed by atoms with Gasteiger partial charge in [0.15, 0.2) is 0 Å². The van der Waals surface area contributed by atoms with Gasteiger partial charge in [-0.25, -0.2) is 0 Å². The van der Waals surface area contributed by atoms with Crippen LogP contribution in [0.2, 0.25) is 0 Å². The van der Waals surface area contributed by atoms with Gasteiger partial charge < -0.3 is 5.11 Å². The second-order valence-electron chi connectivity index (χ2n) is 2.62. The number of hydrogen-bond acceptors (Lipinski definition) is 3. The molecule has 0 bridgehead atoms. The first-order valence-corrected chi connectivity index (χ1v) is 4.74. The van der Waals surface area contributed by atoms with Crippen molar-refractivity contribution in [2.24, 2.45) is 0 Å². The Kier molecular flexibility index (Phi) is 3.91. The van der Waals surface area contributed by atoms with Gasteiger partial charge in [0, 0.05) is 12.2 Å². The maximum absolute atomic E-state index is 9.40. The summed E-state index contributed by atoms with van der Waals surface area (Å²) in [6.45, 7) is 0. The minimum absolute atomic E-state index is 0.107. The Hall–Kier alpha value is -1.58. The van der Waals surface area contributed by atoms with E-state index in [4.69, 9.17) is 5.26 Å².